The molecule has 4 heteroatoms. The molecule has 1 aromatic carbocycles. The lowest BCUT2D eigenvalue weighted by molar-refractivity contribution is -0.159. The predicted octanol–water partition coefficient (Wildman–Crippen LogP) is 5.67. The summed E-state index contributed by atoms with van der Waals surface area (Å²) < 4.78 is 12.2. The normalized spacial score (nSPS) is 16.0. The second kappa shape index (κ2) is 8.34. The van der Waals surface area contributed by atoms with Crippen molar-refractivity contribution in [3.8, 4) is 5.75 Å². The summed E-state index contributed by atoms with van der Waals surface area (Å²) in [6.07, 6.45) is 3.67. The van der Waals surface area contributed by atoms with Gasteiger partial charge in [0.1, 0.15) is 5.75 Å². The Morgan fingerprint density at radius 1 is 1.24 bits per heavy atom. The average Bonchev–Trinajstić information content (AvgIpc) is 2.51. The Morgan fingerprint density at radius 2 is 1.88 bits per heavy atom. The molecular weight excluding hydrogens is 328 g/mol. The van der Waals surface area contributed by atoms with E-state index in [4.69, 9.17) is 9.16 Å². The third-order valence-electron chi connectivity index (χ3n) is 5.10. The molecule has 25 heavy (non-hydrogen) atoms. The van der Waals surface area contributed by atoms with Crippen molar-refractivity contribution in [3.63, 3.8) is 0 Å². The van der Waals surface area contributed by atoms with Gasteiger partial charge in [0.05, 0.1) is 6.61 Å². The summed E-state index contributed by atoms with van der Waals surface area (Å²) >= 11 is 0. The molecule has 0 fully saturated rings. The highest BCUT2D eigenvalue weighted by atomic mass is 28.4. The number of hydrogen-bond donors (Lipinski definition) is 1. The summed E-state index contributed by atoms with van der Waals surface area (Å²) in [7, 11) is -1.80. The number of hydrogen-bond acceptors (Lipinski definition) is 3. The Kier molecular flexibility index (Phi) is 7.24. The van der Waals surface area contributed by atoms with Crippen LogP contribution in [0.3, 0.4) is 0 Å². The van der Waals surface area contributed by atoms with Crippen LogP contribution in [-0.4, -0.2) is 19.2 Å². The lowest BCUT2D eigenvalue weighted by atomic mass is 9.97. The summed E-state index contributed by atoms with van der Waals surface area (Å²) in [6, 6.07) is 7.72. The van der Waals surface area contributed by atoms with Gasteiger partial charge in [-0.3, -0.25) is 0 Å². The van der Waals surface area contributed by atoms with Gasteiger partial charge < -0.3 is 14.3 Å². The fourth-order valence-electron chi connectivity index (χ4n) is 2.09. The first-order valence-corrected chi connectivity index (χ1v) is 11.7. The van der Waals surface area contributed by atoms with E-state index in [-0.39, 0.29) is 11.0 Å². The third-order valence-corrected chi connectivity index (χ3v) is 9.58. The van der Waals surface area contributed by atoms with E-state index >= 15 is 0 Å². The van der Waals surface area contributed by atoms with Crippen LogP contribution in [0.15, 0.2) is 49.6 Å². The molecule has 0 amide bonds. The zero-order valence-electron chi connectivity index (χ0n) is 16.6. The molecule has 0 heterocycles. The summed E-state index contributed by atoms with van der Waals surface area (Å²) in [5.74, 6) is -0.949. The molecule has 0 aliphatic heterocycles. The monoisotopic (exact) mass is 362 g/mol. The van der Waals surface area contributed by atoms with Crippen molar-refractivity contribution in [2.75, 3.05) is 0 Å². The molecule has 0 aliphatic carbocycles. The Hall–Kier alpha value is -1.36. The highest BCUT2D eigenvalue weighted by Gasteiger charge is 2.37. The van der Waals surface area contributed by atoms with Crippen LogP contribution >= 0.6 is 0 Å². The molecule has 3 nitrogen and oxygen atoms in total. The van der Waals surface area contributed by atoms with Crippen LogP contribution in [0.5, 0.6) is 5.75 Å². The Labute approximate surface area is 154 Å². The largest absolute Gasteiger partial charge is 0.462 e. The maximum atomic E-state index is 10.8. The molecule has 1 rings (SSSR count). The van der Waals surface area contributed by atoms with Gasteiger partial charge in [-0.15, -0.1) is 13.2 Å². The second-order valence-electron chi connectivity index (χ2n) is 8.16. The fourth-order valence-corrected chi connectivity index (χ4v) is 3.06. The Bertz CT molecular complexity index is 589. The maximum Gasteiger partial charge on any atom is 0.217 e. The van der Waals surface area contributed by atoms with Crippen LogP contribution in [0.25, 0.3) is 0 Å². The first-order chi connectivity index (χ1) is 11.4. The van der Waals surface area contributed by atoms with Crippen LogP contribution < -0.4 is 4.74 Å². The minimum absolute atomic E-state index is 0.171. The van der Waals surface area contributed by atoms with Crippen molar-refractivity contribution < 1.29 is 14.3 Å². The van der Waals surface area contributed by atoms with Gasteiger partial charge in [-0.25, -0.2) is 0 Å². The molecule has 0 radical (unpaired) electrons. The first-order valence-electron chi connectivity index (χ1n) is 8.83. The number of ether oxygens (including phenoxy) is 1. The molecule has 2 unspecified atom stereocenters. The van der Waals surface area contributed by atoms with Crippen LogP contribution in [0.4, 0.5) is 0 Å². The van der Waals surface area contributed by atoms with E-state index in [2.05, 4.69) is 47.0 Å². The van der Waals surface area contributed by atoms with Crippen molar-refractivity contribution in [1.82, 2.24) is 0 Å². The summed E-state index contributed by atoms with van der Waals surface area (Å²) in [5.41, 5.74) is 1.04. The minimum Gasteiger partial charge on any atom is -0.462 e. The molecule has 0 aromatic heterocycles. The van der Waals surface area contributed by atoms with E-state index in [1.54, 1.807) is 12.2 Å². The van der Waals surface area contributed by atoms with E-state index in [1.165, 1.54) is 0 Å². The molecule has 0 saturated carbocycles. The quantitative estimate of drug-likeness (QED) is 0.349. The van der Waals surface area contributed by atoms with E-state index < -0.39 is 14.1 Å². The van der Waals surface area contributed by atoms with Crippen LogP contribution in [0.1, 0.15) is 39.7 Å². The fraction of sp³-hybridized carbons (Fsp3) is 0.524. The minimum atomic E-state index is -1.80. The lowest BCUT2D eigenvalue weighted by Crippen LogP contribution is -2.41. The topological polar surface area (TPSA) is 38.7 Å². The van der Waals surface area contributed by atoms with Gasteiger partial charge >= 0.3 is 0 Å². The summed E-state index contributed by atoms with van der Waals surface area (Å²) in [6.45, 7) is 21.0. The SMILES string of the molecule is C=CCC(O)(Oc1cccc(CO[Si](C)(C)C(C)(C)C)c1)C(C)C=C. The van der Waals surface area contributed by atoms with Gasteiger partial charge in [0.15, 0.2) is 8.32 Å². The maximum absolute atomic E-state index is 10.8. The smallest absolute Gasteiger partial charge is 0.217 e. The molecular formula is C21H34O3Si. The van der Waals surface area contributed by atoms with Crippen LogP contribution in [0, 0.1) is 5.92 Å². The Morgan fingerprint density at radius 3 is 2.40 bits per heavy atom. The highest BCUT2D eigenvalue weighted by Crippen LogP contribution is 2.37. The average molecular weight is 363 g/mol. The van der Waals surface area contributed by atoms with Gasteiger partial charge in [0.25, 0.3) is 0 Å². The Balaban J connectivity index is 2.90. The van der Waals surface area contributed by atoms with Gasteiger partial charge in [-0.2, -0.15) is 0 Å². The van der Waals surface area contributed by atoms with Crippen molar-refractivity contribution >= 4 is 8.32 Å². The van der Waals surface area contributed by atoms with E-state index in [1.807, 2.05) is 31.2 Å². The molecule has 1 N–H and O–H groups in total. The van der Waals surface area contributed by atoms with Gasteiger partial charge in [-0.05, 0) is 35.8 Å². The zero-order valence-corrected chi connectivity index (χ0v) is 17.6. The molecule has 0 bridgehead atoms. The number of rotatable bonds is 9. The summed E-state index contributed by atoms with van der Waals surface area (Å²) in [4.78, 5) is 0. The number of aliphatic hydroxyl groups is 1. The lowest BCUT2D eigenvalue weighted by Gasteiger charge is -2.36. The summed E-state index contributed by atoms with van der Waals surface area (Å²) in [5, 5.41) is 11.0. The molecule has 2 atom stereocenters. The molecule has 0 spiro atoms. The molecule has 0 saturated heterocycles. The van der Waals surface area contributed by atoms with Gasteiger partial charge in [-0.1, -0.05) is 52.0 Å². The van der Waals surface area contributed by atoms with E-state index in [0.717, 1.165) is 5.56 Å². The van der Waals surface area contributed by atoms with Gasteiger partial charge in [0, 0.05) is 12.3 Å². The standard InChI is InChI=1S/C21H34O3Si/c1-9-14-21(22,17(3)10-2)24-19-13-11-12-18(15-19)16-23-25(7,8)20(4,5)6/h9-13,15,17,22H,1-2,14,16H2,3-8H3. The zero-order chi connectivity index (χ0) is 19.3. The third kappa shape index (κ3) is 5.84. The van der Waals surface area contributed by atoms with Crippen LogP contribution in [-0.2, 0) is 11.0 Å². The van der Waals surface area contributed by atoms with Crippen molar-refractivity contribution in [2.45, 2.75) is 64.6 Å². The predicted molar refractivity (Wildman–Crippen MR) is 108 cm³/mol. The molecule has 0 aliphatic rings. The first kappa shape index (κ1) is 21.7. The van der Waals surface area contributed by atoms with Crippen molar-refractivity contribution in [3.05, 3.63) is 55.1 Å². The molecule has 140 valence electrons. The van der Waals surface area contributed by atoms with Crippen molar-refractivity contribution in [1.29, 1.82) is 0 Å². The second-order valence-corrected chi connectivity index (χ2v) is 13.0. The molecule has 1 aromatic rings. The van der Waals surface area contributed by atoms with E-state index in [0.29, 0.717) is 18.8 Å². The van der Waals surface area contributed by atoms with Crippen molar-refractivity contribution in [2.24, 2.45) is 5.92 Å². The number of benzene rings is 1. The van der Waals surface area contributed by atoms with Crippen LogP contribution in [0.2, 0.25) is 18.1 Å². The highest BCUT2D eigenvalue weighted by molar-refractivity contribution is 6.74. The van der Waals surface area contributed by atoms with E-state index in [9.17, 15) is 5.11 Å². The van der Waals surface area contributed by atoms with Gasteiger partial charge in [0.2, 0.25) is 5.79 Å².